The van der Waals surface area contributed by atoms with Gasteiger partial charge in [-0.2, -0.15) is 0 Å². The molecule has 0 aliphatic heterocycles. The zero-order chi connectivity index (χ0) is 12.8. The first-order valence-electron chi connectivity index (χ1n) is 5.81. The third kappa shape index (κ3) is 3.53. The van der Waals surface area contributed by atoms with E-state index in [1.165, 1.54) is 12.1 Å². The molecular weight excluding hydrogens is 219 g/mol. The van der Waals surface area contributed by atoms with Crippen LogP contribution in [0.4, 0.5) is 10.1 Å². The second kappa shape index (κ2) is 6.35. The lowest BCUT2D eigenvalue weighted by molar-refractivity contribution is -0.121. The molecule has 0 aromatic heterocycles. The molecule has 1 N–H and O–H groups in total. The number of anilines is 1. The quantitative estimate of drug-likeness (QED) is 0.851. The van der Waals surface area contributed by atoms with E-state index in [1.54, 1.807) is 17.0 Å². The van der Waals surface area contributed by atoms with Gasteiger partial charge in [0.15, 0.2) is 0 Å². The molecule has 0 radical (unpaired) electrons. The number of carbonyl (C=O) groups excluding carboxylic acids is 1. The molecule has 1 atom stereocenters. The number of hydrogen-bond donors (Lipinski definition) is 1. The van der Waals surface area contributed by atoms with Gasteiger partial charge in [0, 0.05) is 24.7 Å². The molecule has 0 fully saturated rings. The smallest absolute Gasteiger partial charge is 0.231 e. The van der Waals surface area contributed by atoms with Crippen LogP contribution in [0.3, 0.4) is 0 Å². The normalized spacial score (nSPS) is 12.2. The van der Waals surface area contributed by atoms with Crippen molar-refractivity contribution in [3.63, 3.8) is 0 Å². The van der Waals surface area contributed by atoms with Crippen LogP contribution in [0.25, 0.3) is 0 Å². The number of benzene rings is 1. The van der Waals surface area contributed by atoms with E-state index >= 15 is 0 Å². The van der Waals surface area contributed by atoms with Gasteiger partial charge in [-0.3, -0.25) is 4.79 Å². The van der Waals surface area contributed by atoms with E-state index in [0.717, 1.165) is 0 Å². The van der Waals surface area contributed by atoms with Crippen LogP contribution in [0.5, 0.6) is 0 Å². The lowest BCUT2D eigenvalue weighted by Crippen LogP contribution is -2.38. The Labute approximate surface area is 102 Å². The number of halogens is 1. The highest BCUT2D eigenvalue weighted by Crippen LogP contribution is 2.17. The van der Waals surface area contributed by atoms with Gasteiger partial charge >= 0.3 is 0 Å². The van der Waals surface area contributed by atoms with E-state index in [0.29, 0.717) is 18.8 Å². The van der Waals surface area contributed by atoms with Gasteiger partial charge in [0.25, 0.3) is 0 Å². The summed E-state index contributed by atoms with van der Waals surface area (Å²) in [7, 11) is 1.81. The van der Waals surface area contributed by atoms with Crippen LogP contribution in [0.2, 0.25) is 0 Å². The van der Waals surface area contributed by atoms with Crippen molar-refractivity contribution in [1.82, 2.24) is 5.32 Å². The van der Waals surface area contributed by atoms with E-state index in [2.05, 4.69) is 5.32 Å². The Morgan fingerprint density at radius 3 is 2.76 bits per heavy atom. The highest BCUT2D eigenvalue weighted by Gasteiger charge is 2.20. The van der Waals surface area contributed by atoms with Crippen molar-refractivity contribution in [2.45, 2.75) is 13.8 Å². The number of hydrogen-bond acceptors (Lipinski definition) is 2. The van der Waals surface area contributed by atoms with Crippen LogP contribution in [0.1, 0.15) is 13.8 Å². The molecule has 1 aromatic carbocycles. The molecule has 0 spiro atoms. The fourth-order valence-electron chi connectivity index (χ4n) is 1.77. The predicted octanol–water partition coefficient (Wildman–Crippen LogP) is 2.03. The van der Waals surface area contributed by atoms with Crippen molar-refractivity contribution in [1.29, 1.82) is 0 Å². The van der Waals surface area contributed by atoms with Gasteiger partial charge in [0.1, 0.15) is 5.82 Å². The van der Waals surface area contributed by atoms with Gasteiger partial charge in [-0.25, -0.2) is 4.39 Å². The lowest BCUT2D eigenvalue weighted by atomic mass is 10.1. The predicted molar refractivity (Wildman–Crippen MR) is 67.5 cm³/mol. The van der Waals surface area contributed by atoms with Gasteiger partial charge in [-0.1, -0.05) is 13.0 Å². The molecule has 0 heterocycles. The first-order chi connectivity index (χ1) is 8.10. The fourth-order valence-corrected chi connectivity index (χ4v) is 1.77. The minimum Gasteiger partial charge on any atom is -0.319 e. The third-order valence-electron chi connectivity index (χ3n) is 2.63. The first-order valence-corrected chi connectivity index (χ1v) is 5.81. The molecule has 0 saturated carbocycles. The van der Waals surface area contributed by atoms with Crippen molar-refractivity contribution in [2.75, 3.05) is 25.0 Å². The fraction of sp³-hybridized carbons (Fsp3) is 0.462. The number of amides is 1. The molecule has 0 saturated heterocycles. The minimum atomic E-state index is -0.324. The molecule has 0 bridgehead atoms. The topological polar surface area (TPSA) is 32.3 Å². The van der Waals surface area contributed by atoms with Gasteiger partial charge in [-0.05, 0) is 32.2 Å². The molecule has 17 heavy (non-hydrogen) atoms. The second-order valence-electron chi connectivity index (χ2n) is 4.02. The van der Waals surface area contributed by atoms with Crippen molar-refractivity contribution in [2.24, 2.45) is 5.92 Å². The Morgan fingerprint density at radius 1 is 1.53 bits per heavy atom. The molecule has 94 valence electrons. The number of nitrogens with zero attached hydrogens (tertiary/aromatic N) is 1. The average Bonchev–Trinajstić information content (AvgIpc) is 2.30. The summed E-state index contributed by atoms with van der Waals surface area (Å²) in [6.45, 7) is 4.90. The van der Waals surface area contributed by atoms with Crippen LogP contribution < -0.4 is 10.2 Å². The van der Waals surface area contributed by atoms with Gasteiger partial charge in [0.05, 0.1) is 0 Å². The summed E-state index contributed by atoms with van der Waals surface area (Å²) in [6, 6.07) is 6.12. The van der Waals surface area contributed by atoms with Crippen molar-refractivity contribution in [3.8, 4) is 0 Å². The summed E-state index contributed by atoms with van der Waals surface area (Å²) in [5.41, 5.74) is 0.612. The highest BCUT2D eigenvalue weighted by molar-refractivity contribution is 5.94. The standard InChI is InChI=1S/C13H19FN2O/c1-4-16(13(17)10(2)9-15-3)12-7-5-6-11(14)8-12/h5-8,10,15H,4,9H2,1-3H3. The van der Waals surface area contributed by atoms with Crippen LogP contribution in [0.15, 0.2) is 24.3 Å². The summed E-state index contributed by atoms with van der Waals surface area (Å²) < 4.78 is 13.1. The van der Waals surface area contributed by atoms with E-state index in [9.17, 15) is 9.18 Å². The number of rotatable bonds is 5. The maximum absolute atomic E-state index is 13.1. The average molecular weight is 238 g/mol. The molecule has 4 heteroatoms. The first kappa shape index (κ1) is 13.6. The van der Waals surface area contributed by atoms with Crippen LogP contribution in [0, 0.1) is 11.7 Å². The zero-order valence-electron chi connectivity index (χ0n) is 10.5. The third-order valence-corrected chi connectivity index (χ3v) is 2.63. The molecule has 1 amide bonds. The van der Waals surface area contributed by atoms with Gasteiger partial charge in [0.2, 0.25) is 5.91 Å². The highest BCUT2D eigenvalue weighted by atomic mass is 19.1. The molecule has 1 rings (SSSR count). The Bertz CT molecular complexity index is 381. The van der Waals surface area contributed by atoms with E-state index in [1.807, 2.05) is 20.9 Å². The number of nitrogens with one attached hydrogen (secondary N) is 1. The molecule has 1 aromatic rings. The van der Waals surface area contributed by atoms with Gasteiger partial charge < -0.3 is 10.2 Å². The summed E-state index contributed by atoms with van der Waals surface area (Å²) in [4.78, 5) is 13.7. The summed E-state index contributed by atoms with van der Waals surface area (Å²) >= 11 is 0. The van der Waals surface area contributed by atoms with E-state index in [4.69, 9.17) is 0 Å². The van der Waals surface area contributed by atoms with Crippen molar-refractivity contribution < 1.29 is 9.18 Å². The monoisotopic (exact) mass is 238 g/mol. The molecule has 1 unspecified atom stereocenters. The Hall–Kier alpha value is -1.42. The maximum Gasteiger partial charge on any atom is 0.231 e. The second-order valence-corrected chi connectivity index (χ2v) is 4.02. The molecule has 0 aliphatic rings. The van der Waals surface area contributed by atoms with Crippen molar-refractivity contribution >= 4 is 11.6 Å². The van der Waals surface area contributed by atoms with Crippen molar-refractivity contribution in [3.05, 3.63) is 30.1 Å². The van der Waals surface area contributed by atoms with E-state index in [-0.39, 0.29) is 17.6 Å². The molecule has 3 nitrogen and oxygen atoms in total. The van der Waals surface area contributed by atoms with Crippen LogP contribution in [-0.4, -0.2) is 26.0 Å². The summed E-state index contributed by atoms with van der Waals surface area (Å²) in [6.07, 6.45) is 0. The molecular formula is C13H19FN2O. The largest absolute Gasteiger partial charge is 0.319 e. The number of carbonyl (C=O) groups is 1. The van der Waals surface area contributed by atoms with Crippen LogP contribution in [-0.2, 0) is 4.79 Å². The Morgan fingerprint density at radius 2 is 2.24 bits per heavy atom. The van der Waals surface area contributed by atoms with Crippen LogP contribution >= 0.6 is 0 Å². The van der Waals surface area contributed by atoms with Gasteiger partial charge in [-0.15, -0.1) is 0 Å². The maximum atomic E-state index is 13.1. The molecule has 0 aliphatic carbocycles. The zero-order valence-corrected chi connectivity index (χ0v) is 10.5. The Balaban J connectivity index is 2.88. The summed E-state index contributed by atoms with van der Waals surface area (Å²) in [5, 5.41) is 2.97. The SMILES string of the molecule is CCN(C(=O)C(C)CNC)c1cccc(F)c1. The van der Waals surface area contributed by atoms with E-state index < -0.39 is 0 Å². The summed E-state index contributed by atoms with van der Waals surface area (Å²) in [5.74, 6) is -0.439. The lowest BCUT2D eigenvalue weighted by Gasteiger charge is -2.24. The Kier molecular flexibility index (Phi) is 5.10. The minimum absolute atomic E-state index is 0.00690.